The summed E-state index contributed by atoms with van der Waals surface area (Å²) >= 11 is 5.93. The van der Waals surface area contributed by atoms with Crippen LogP contribution in [-0.4, -0.2) is 24.2 Å². The van der Waals surface area contributed by atoms with Crippen LogP contribution in [0, 0.1) is 5.92 Å². The summed E-state index contributed by atoms with van der Waals surface area (Å²) in [7, 11) is 0. The molecule has 0 bridgehead atoms. The van der Waals surface area contributed by atoms with Crippen LogP contribution in [0.3, 0.4) is 0 Å². The minimum absolute atomic E-state index is 0. The summed E-state index contributed by atoms with van der Waals surface area (Å²) in [6.07, 6.45) is -0.663. The number of carbonyl (C=O) groups excluding carboxylic acids is 1. The van der Waals surface area contributed by atoms with E-state index in [0.717, 1.165) is 0 Å². The summed E-state index contributed by atoms with van der Waals surface area (Å²) in [5.74, 6) is 0.391. The van der Waals surface area contributed by atoms with Crippen LogP contribution in [0.2, 0.25) is 5.02 Å². The van der Waals surface area contributed by atoms with E-state index in [1.54, 1.807) is 26.0 Å². The first-order valence-electron chi connectivity index (χ1n) is 6.69. The Bertz CT molecular complexity index is 452. The molecule has 0 amide bonds. The van der Waals surface area contributed by atoms with Crippen LogP contribution in [0.15, 0.2) is 24.3 Å². The van der Waals surface area contributed by atoms with Crippen LogP contribution in [-0.2, 0) is 9.53 Å². The van der Waals surface area contributed by atoms with Gasteiger partial charge >= 0.3 is 5.97 Å². The lowest BCUT2D eigenvalue weighted by atomic mass is 10.0. The Labute approximate surface area is 137 Å². The van der Waals surface area contributed by atoms with E-state index in [-0.39, 0.29) is 24.4 Å². The number of halogens is 2. The van der Waals surface area contributed by atoms with Gasteiger partial charge in [0, 0.05) is 5.02 Å². The topological polar surface area (TPSA) is 61.5 Å². The molecule has 0 unspecified atom stereocenters. The third-order valence-electron chi connectivity index (χ3n) is 2.86. The lowest BCUT2D eigenvalue weighted by Gasteiger charge is -2.28. The van der Waals surface area contributed by atoms with Gasteiger partial charge in [-0.2, -0.15) is 0 Å². The summed E-state index contributed by atoms with van der Waals surface area (Å²) in [6, 6.07) is 6.50. The molecule has 1 rings (SSSR count). The van der Waals surface area contributed by atoms with Crippen molar-refractivity contribution >= 4 is 30.0 Å². The van der Waals surface area contributed by atoms with E-state index in [1.807, 2.05) is 26.0 Å². The number of hydrogen-bond donors (Lipinski definition) is 1. The zero-order valence-electron chi connectivity index (χ0n) is 12.7. The smallest absolute Gasteiger partial charge is 0.323 e. The molecule has 1 aromatic rings. The first-order valence-corrected chi connectivity index (χ1v) is 7.07. The maximum absolute atomic E-state index is 11.6. The van der Waals surface area contributed by atoms with E-state index in [4.69, 9.17) is 26.8 Å². The Balaban J connectivity index is 0.00000400. The summed E-state index contributed by atoms with van der Waals surface area (Å²) in [5, 5.41) is 0.602. The molecule has 0 heterocycles. The standard InChI is InChI=1S/C15H22ClNO3.ClH/c1-9(2)14(11(4)19-15(18)10(3)17)20-13-7-5-6-12(16)8-13;/h5-11,14H,17H2,1-4H3;1H/t10-,11-,14+;/m0./s1. The molecule has 0 aliphatic carbocycles. The van der Waals surface area contributed by atoms with Crippen LogP contribution >= 0.6 is 24.0 Å². The molecule has 21 heavy (non-hydrogen) atoms. The number of carbonyl (C=O) groups is 1. The second kappa shape index (κ2) is 9.13. The molecule has 4 nitrogen and oxygen atoms in total. The minimum Gasteiger partial charge on any atom is -0.486 e. The second-order valence-electron chi connectivity index (χ2n) is 5.21. The van der Waals surface area contributed by atoms with Crippen molar-refractivity contribution in [1.82, 2.24) is 0 Å². The van der Waals surface area contributed by atoms with E-state index >= 15 is 0 Å². The molecule has 0 aromatic heterocycles. The average Bonchev–Trinajstić information content (AvgIpc) is 2.35. The van der Waals surface area contributed by atoms with Crippen molar-refractivity contribution in [1.29, 1.82) is 0 Å². The summed E-state index contributed by atoms with van der Waals surface area (Å²) < 4.78 is 11.2. The van der Waals surface area contributed by atoms with Gasteiger partial charge in [0.1, 0.15) is 24.0 Å². The molecule has 3 atom stereocenters. The SMILES string of the molecule is CC(C)[C@@H](Oc1cccc(Cl)c1)[C@H](C)OC(=O)[C@H](C)N.Cl. The molecule has 0 saturated carbocycles. The fraction of sp³-hybridized carbons (Fsp3) is 0.533. The Morgan fingerprint density at radius 2 is 1.86 bits per heavy atom. The Hall–Kier alpha value is -0.970. The molecule has 2 N–H and O–H groups in total. The largest absolute Gasteiger partial charge is 0.486 e. The molecule has 0 spiro atoms. The van der Waals surface area contributed by atoms with Gasteiger partial charge in [-0.1, -0.05) is 31.5 Å². The molecule has 120 valence electrons. The molecule has 6 heteroatoms. The first-order chi connectivity index (χ1) is 9.31. The fourth-order valence-electron chi connectivity index (χ4n) is 1.83. The molecule has 1 aromatic carbocycles. The molecule has 0 saturated heterocycles. The van der Waals surface area contributed by atoms with Gasteiger partial charge in [0.15, 0.2) is 0 Å². The molecular weight excluding hydrogens is 313 g/mol. The molecule has 0 aliphatic rings. The zero-order valence-corrected chi connectivity index (χ0v) is 14.3. The van der Waals surface area contributed by atoms with E-state index in [9.17, 15) is 4.79 Å². The monoisotopic (exact) mass is 335 g/mol. The Morgan fingerprint density at radius 3 is 2.33 bits per heavy atom. The van der Waals surface area contributed by atoms with Crippen LogP contribution in [0.5, 0.6) is 5.75 Å². The molecule has 0 radical (unpaired) electrons. The van der Waals surface area contributed by atoms with Gasteiger partial charge < -0.3 is 15.2 Å². The number of benzene rings is 1. The van der Waals surface area contributed by atoms with E-state index in [2.05, 4.69) is 0 Å². The first kappa shape index (κ1) is 20.0. The van der Waals surface area contributed by atoms with Gasteiger partial charge in [-0.15, -0.1) is 12.4 Å². The van der Waals surface area contributed by atoms with Crippen LogP contribution < -0.4 is 10.5 Å². The highest BCUT2D eigenvalue weighted by atomic mass is 35.5. The van der Waals surface area contributed by atoms with E-state index in [0.29, 0.717) is 10.8 Å². The van der Waals surface area contributed by atoms with Crippen molar-refractivity contribution in [3.63, 3.8) is 0 Å². The minimum atomic E-state index is -0.642. The summed E-state index contributed by atoms with van der Waals surface area (Å²) in [5.41, 5.74) is 5.50. The van der Waals surface area contributed by atoms with Gasteiger partial charge in [0.2, 0.25) is 0 Å². The molecular formula is C15H23Cl2NO3. The fourth-order valence-corrected chi connectivity index (χ4v) is 2.01. The summed E-state index contributed by atoms with van der Waals surface area (Å²) in [4.78, 5) is 11.6. The lowest BCUT2D eigenvalue weighted by molar-refractivity contribution is -0.155. The molecule has 0 fully saturated rings. The maximum atomic E-state index is 11.6. The van der Waals surface area contributed by atoms with Crippen LogP contribution in [0.4, 0.5) is 0 Å². The van der Waals surface area contributed by atoms with Crippen molar-refractivity contribution in [3.05, 3.63) is 29.3 Å². The summed E-state index contributed by atoms with van der Waals surface area (Å²) in [6.45, 7) is 7.41. The quantitative estimate of drug-likeness (QED) is 0.809. The number of esters is 1. The third kappa shape index (κ3) is 6.55. The van der Waals surface area contributed by atoms with Crippen LogP contribution in [0.25, 0.3) is 0 Å². The third-order valence-corrected chi connectivity index (χ3v) is 3.10. The van der Waals surface area contributed by atoms with Crippen molar-refractivity contribution in [3.8, 4) is 5.75 Å². The number of hydrogen-bond acceptors (Lipinski definition) is 4. The lowest BCUT2D eigenvalue weighted by Crippen LogP contribution is -2.41. The van der Waals surface area contributed by atoms with Gasteiger partial charge in [0.05, 0.1) is 0 Å². The predicted octanol–water partition coefficient (Wildman–Crippen LogP) is 3.44. The van der Waals surface area contributed by atoms with Gasteiger partial charge in [-0.25, -0.2) is 0 Å². The van der Waals surface area contributed by atoms with Crippen molar-refractivity contribution in [2.75, 3.05) is 0 Å². The van der Waals surface area contributed by atoms with E-state index < -0.39 is 18.1 Å². The average molecular weight is 336 g/mol. The Kier molecular flexibility index (Phi) is 8.71. The van der Waals surface area contributed by atoms with Crippen molar-refractivity contribution in [2.45, 2.75) is 45.9 Å². The zero-order chi connectivity index (χ0) is 15.3. The predicted molar refractivity (Wildman–Crippen MR) is 87.2 cm³/mol. The van der Waals surface area contributed by atoms with Crippen molar-refractivity contribution < 1.29 is 14.3 Å². The van der Waals surface area contributed by atoms with E-state index in [1.165, 1.54) is 0 Å². The van der Waals surface area contributed by atoms with Crippen LogP contribution in [0.1, 0.15) is 27.7 Å². The van der Waals surface area contributed by atoms with Gasteiger partial charge in [-0.3, -0.25) is 4.79 Å². The normalized spacial score (nSPS) is 14.8. The van der Waals surface area contributed by atoms with Gasteiger partial charge in [0.25, 0.3) is 0 Å². The number of nitrogens with two attached hydrogens (primary N) is 1. The highest BCUT2D eigenvalue weighted by molar-refractivity contribution is 6.30. The molecule has 0 aliphatic heterocycles. The number of ether oxygens (including phenoxy) is 2. The second-order valence-corrected chi connectivity index (χ2v) is 5.65. The number of rotatable bonds is 6. The van der Waals surface area contributed by atoms with Crippen molar-refractivity contribution in [2.24, 2.45) is 11.7 Å². The highest BCUT2D eigenvalue weighted by Gasteiger charge is 2.27. The highest BCUT2D eigenvalue weighted by Crippen LogP contribution is 2.22. The van der Waals surface area contributed by atoms with Gasteiger partial charge in [-0.05, 0) is 38.0 Å². The Morgan fingerprint density at radius 1 is 1.24 bits per heavy atom. The maximum Gasteiger partial charge on any atom is 0.323 e.